The Morgan fingerprint density at radius 1 is 1.08 bits per heavy atom. The molecule has 0 aliphatic rings. The molecule has 0 radical (unpaired) electrons. The van der Waals surface area contributed by atoms with Gasteiger partial charge in [0, 0.05) is 5.56 Å². The topological polar surface area (TPSA) is 55.8 Å². The summed E-state index contributed by atoms with van der Waals surface area (Å²) in [4.78, 5) is 11.8. The molecule has 0 atom stereocenters. The summed E-state index contributed by atoms with van der Waals surface area (Å²) in [5.74, 6) is 0.473. The van der Waals surface area contributed by atoms with Crippen molar-refractivity contribution in [3.05, 3.63) is 59.2 Å². The number of benzene rings is 2. The van der Waals surface area contributed by atoms with Crippen LogP contribution in [0.25, 0.3) is 11.6 Å². The molecule has 2 rings (SSSR count). The molecular weight excluding hydrogens is 316 g/mol. The zero-order chi connectivity index (χ0) is 18.2. The molecule has 2 aromatic carbocycles. The van der Waals surface area contributed by atoms with Crippen LogP contribution in [-0.4, -0.2) is 24.3 Å². The SMILES string of the molecule is CCCOc1ccc(/C(=C/c2ccccc2OCC)C(=O)O)cc1C. The number of carboxylic acid groups (broad SMARTS) is 1. The van der Waals surface area contributed by atoms with E-state index in [0.717, 1.165) is 23.3 Å². The largest absolute Gasteiger partial charge is 0.493 e. The molecule has 0 fully saturated rings. The predicted octanol–water partition coefficient (Wildman–Crippen LogP) is 4.81. The van der Waals surface area contributed by atoms with Crippen molar-refractivity contribution in [2.24, 2.45) is 0 Å². The van der Waals surface area contributed by atoms with E-state index in [1.807, 2.05) is 57.2 Å². The first-order chi connectivity index (χ1) is 12.1. The first kappa shape index (κ1) is 18.6. The van der Waals surface area contributed by atoms with Crippen LogP contribution in [0.5, 0.6) is 11.5 Å². The van der Waals surface area contributed by atoms with Crippen molar-refractivity contribution in [1.82, 2.24) is 0 Å². The van der Waals surface area contributed by atoms with E-state index in [1.54, 1.807) is 12.1 Å². The van der Waals surface area contributed by atoms with Gasteiger partial charge in [0.05, 0.1) is 18.8 Å². The van der Waals surface area contributed by atoms with Gasteiger partial charge in [0.2, 0.25) is 0 Å². The molecule has 0 aliphatic heterocycles. The summed E-state index contributed by atoms with van der Waals surface area (Å²) in [5, 5.41) is 9.67. The van der Waals surface area contributed by atoms with Gasteiger partial charge in [-0.2, -0.15) is 0 Å². The van der Waals surface area contributed by atoms with Crippen molar-refractivity contribution < 1.29 is 19.4 Å². The molecule has 0 amide bonds. The van der Waals surface area contributed by atoms with E-state index < -0.39 is 5.97 Å². The highest BCUT2D eigenvalue weighted by Gasteiger charge is 2.13. The van der Waals surface area contributed by atoms with Gasteiger partial charge in [-0.05, 0) is 55.7 Å². The van der Waals surface area contributed by atoms with Gasteiger partial charge in [0.25, 0.3) is 0 Å². The Kier molecular flexibility index (Phi) is 6.63. The molecular formula is C21H24O4. The van der Waals surface area contributed by atoms with E-state index in [1.165, 1.54) is 0 Å². The van der Waals surface area contributed by atoms with Gasteiger partial charge < -0.3 is 14.6 Å². The van der Waals surface area contributed by atoms with Crippen molar-refractivity contribution in [2.75, 3.05) is 13.2 Å². The van der Waals surface area contributed by atoms with E-state index in [-0.39, 0.29) is 5.57 Å². The maximum absolute atomic E-state index is 11.8. The van der Waals surface area contributed by atoms with Gasteiger partial charge in [-0.3, -0.25) is 0 Å². The Morgan fingerprint density at radius 3 is 2.48 bits per heavy atom. The Morgan fingerprint density at radius 2 is 1.84 bits per heavy atom. The van der Waals surface area contributed by atoms with Crippen LogP contribution in [0, 0.1) is 6.92 Å². The lowest BCUT2D eigenvalue weighted by molar-refractivity contribution is -0.130. The molecule has 0 unspecified atom stereocenters. The molecule has 0 heterocycles. The lowest BCUT2D eigenvalue weighted by Gasteiger charge is -2.11. The molecule has 0 aromatic heterocycles. The van der Waals surface area contributed by atoms with Crippen LogP contribution < -0.4 is 9.47 Å². The fraction of sp³-hybridized carbons (Fsp3) is 0.286. The highest BCUT2D eigenvalue weighted by molar-refractivity contribution is 6.20. The number of hydrogen-bond acceptors (Lipinski definition) is 3. The number of ether oxygens (including phenoxy) is 2. The van der Waals surface area contributed by atoms with Crippen molar-refractivity contribution in [3.8, 4) is 11.5 Å². The third-order valence-electron chi connectivity index (χ3n) is 3.70. The van der Waals surface area contributed by atoms with Gasteiger partial charge in [0.15, 0.2) is 0 Å². The second-order valence-electron chi connectivity index (χ2n) is 5.66. The zero-order valence-electron chi connectivity index (χ0n) is 14.9. The number of aryl methyl sites for hydroxylation is 1. The number of para-hydroxylation sites is 1. The Bertz CT molecular complexity index is 762. The summed E-state index contributed by atoms with van der Waals surface area (Å²) < 4.78 is 11.2. The van der Waals surface area contributed by atoms with Gasteiger partial charge in [-0.1, -0.05) is 31.2 Å². The van der Waals surface area contributed by atoms with Crippen LogP contribution in [0.1, 0.15) is 37.0 Å². The smallest absolute Gasteiger partial charge is 0.336 e. The lowest BCUT2D eigenvalue weighted by atomic mass is 10.00. The molecule has 25 heavy (non-hydrogen) atoms. The molecule has 0 spiro atoms. The summed E-state index contributed by atoms with van der Waals surface area (Å²) in [6, 6.07) is 12.9. The highest BCUT2D eigenvalue weighted by atomic mass is 16.5. The third-order valence-corrected chi connectivity index (χ3v) is 3.70. The van der Waals surface area contributed by atoms with Gasteiger partial charge in [-0.25, -0.2) is 4.79 Å². The molecule has 1 N–H and O–H groups in total. The second kappa shape index (κ2) is 8.92. The number of rotatable bonds is 8. The van der Waals surface area contributed by atoms with E-state index in [0.29, 0.717) is 24.5 Å². The van der Waals surface area contributed by atoms with Crippen molar-refractivity contribution in [3.63, 3.8) is 0 Å². The fourth-order valence-corrected chi connectivity index (χ4v) is 2.50. The Hall–Kier alpha value is -2.75. The normalized spacial score (nSPS) is 11.2. The van der Waals surface area contributed by atoms with E-state index in [4.69, 9.17) is 9.47 Å². The van der Waals surface area contributed by atoms with Crippen LogP contribution in [0.15, 0.2) is 42.5 Å². The fourth-order valence-electron chi connectivity index (χ4n) is 2.50. The predicted molar refractivity (Wildman–Crippen MR) is 100 cm³/mol. The number of aliphatic carboxylic acids is 1. The molecule has 2 aromatic rings. The third kappa shape index (κ3) is 4.86. The van der Waals surface area contributed by atoms with Gasteiger partial charge >= 0.3 is 5.97 Å². The summed E-state index contributed by atoms with van der Waals surface area (Å²) in [6.07, 6.45) is 2.57. The van der Waals surface area contributed by atoms with E-state index in [9.17, 15) is 9.90 Å². The molecule has 0 aliphatic carbocycles. The van der Waals surface area contributed by atoms with Gasteiger partial charge in [-0.15, -0.1) is 0 Å². The molecule has 0 bridgehead atoms. The standard InChI is InChI=1S/C21H24O4/c1-4-12-25-19-11-10-16(13-15(19)3)18(21(22)23)14-17-8-6-7-9-20(17)24-5-2/h6-11,13-14H,4-5,12H2,1-3H3,(H,22,23)/b18-14-. The van der Waals surface area contributed by atoms with Crippen LogP contribution in [-0.2, 0) is 4.79 Å². The van der Waals surface area contributed by atoms with Crippen LogP contribution in [0.2, 0.25) is 0 Å². The molecule has 0 saturated carbocycles. The van der Waals surface area contributed by atoms with Gasteiger partial charge in [0.1, 0.15) is 11.5 Å². The highest BCUT2D eigenvalue weighted by Crippen LogP contribution is 2.28. The average Bonchev–Trinajstić information content (AvgIpc) is 2.60. The Labute approximate surface area is 148 Å². The monoisotopic (exact) mass is 340 g/mol. The van der Waals surface area contributed by atoms with E-state index >= 15 is 0 Å². The molecule has 0 saturated heterocycles. The van der Waals surface area contributed by atoms with Crippen molar-refractivity contribution in [1.29, 1.82) is 0 Å². The summed E-state index contributed by atoms with van der Waals surface area (Å²) in [7, 11) is 0. The minimum Gasteiger partial charge on any atom is -0.493 e. The summed E-state index contributed by atoms with van der Waals surface area (Å²) >= 11 is 0. The molecule has 4 nitrogen and oxygen atoms in total. The summed E-state index contributed by atoms with van der Waals surface area (Å²) in [5.41, 5.74) is 2.51. The maximum Gasteiger partial charge on any atom is 0.336 e. The number of carboxylic acids is 1. The minimum absolute atomic E-state index is 0.220. The first-order valence-electron chi connectivity index (χ1n) is 8.47. The van der Waals surface area contributed by atoms with E-state index in [2.05, 4.69) is 0 Å². The maximum atomic E-state index is 11.8. The van der Waals surface area contributed by atoms with Crippen LogP contribution in [0.3, 0.4) is 0 Å². The molecule has 132 valence electrons. The Balaban J connectivity index is 2.42. The average molecular weight is 340 g/mol. The number of carbonyl (C=O) groups is 1. The quantitative estimate of drug-likeness (QED) is 0.553. The van der Waals surface area contributed by atoms with Crippen molar-refractivity contribution in [2.45, 2.75) is 27.2 Å². The van der Waals surface area contributed by atoms with Crippen LogP contribution in [0.4, 0.5) is 0 Å². The lowest BCUT2D eigenvalue weighted by Crippen LogP contribution is -2.02. The summed E-state index contributed by atoms with van der Waals surface area (Å²) in [6.45, 7) is 7.03. The number of hydrogen-bond donors (Lipinski definition) is 1. The van der Waals surface area contributed by atoms with Crippen LogP contribution >= 0.6 is 0 Å². The molecule has 4 heteroatoms. The zero-order valence-corrected chi connectivity index (χ0v) is 14.9. The minimum atomic E-state index is -0.979. The second-order valence-corrected chi connectivity index (χ2v) is 5.66. The van der Waals surface area contributed by atoms with Crippen molar-refractivity contribution >= 4 is 17.6 Å². The first-order valence-corrected chi connectivity index (χ1v) is 8.47.